The zero-order valence-electron chi connectivity index (χ0n) is 12.5. The second kappa shape index (κ2) is 6.50. The lowest BCUT2D eigenvalue weighted by atomic mass is 9.97. The molecule has 1 amide bonds. The molecule has 0 spiro atoms. The molecule has 2 saturated heterocycles. The van der Waals surface area contributed by atoms with Gasteiger partial charge in [0.2, 0.25) is 5.91 Å². The largest absolute Gasteiger partial charge is 0.338 e. The number of carbonyl (C=O) groups excluding carboxylic acids is 1. The number of rotatable bonds is 2. The highest BCUT2D eigenvalue weighted by Crippen LogP contribution is 2.33. The van der Waals surface area contributed by atoms with Crippen molar-refractivity contribution in [3.63, 3.8) is 0 Å². The van der Waals surface area contributed by atoms with Crippen LogP contribution in [0.3, 0.4) is 0 Å². The van der Waals surface area contributed by atoms with Gasteiger partial charge in [-0.2, -0.15) is 0 Å². The minimum Gasteiger partial charge on any atom is -0.338 e. The number of amides is 1. The Hall–Kier alpha value is -1.20. The standard InChI is InChI=1S/C16H20F2N2O.ClH/c1-11-7-13(12-5-3-2-4-6-12)9-20(11)15(21)14-8-16(17,18)10-19-14;/h2-6,11,13-14,19H,7-10H2,1H3;1H. The first-order chi connectivity index (χ1) is 9.96. The van der Waals surface area contributed by atoms with E-state index in [1.807, 2.05) is 25.1 Å². The Balaban J connectivity index is 0.00000176. The molecule has 122 valence electrons. The van der Waals surface area contributed by atoms with Gasteiger partial charge in [-0.15, -0.1) is 12.4 Å². The Bertz CT molecular complexity index is 526. The Kier molecular flexibility index (Phi) is 5.07. The molecule has 0 radical (unpaired) electrons. The highest BCUT2D eigenvalue weighted by molar-refractivity contribution is 5.85. The van der Waals surface area contributed by atoms with Crippen molar-refractivity contribution in [2.24, 2.45) is 0 Å². The number of benzene rings is 1. The number of nitrogens with zero attached hydrogens (tertiary/aromatic N) is 1. The molecule has 6 heteroatoms. The van der Waals surface area contributed by atoms with Gasteiger partial charge < -0.3 is 4.90 Å². The zero-order valence-corrected chi connectivity index (χ0v) is 13.3. The summed E-state index contributed by atoms with van der Waals surface area (Å²) in [7, 11) is 0. The topological polar surface area (TPSA) is 32.3 Å². The van der Waals surface area contributed by atoms with E-state index in [9.17, 15) is 13.6 Å². The molecule has 3 nitrogen and oxygen atoms in total. The second-order valence-electron chi connectivity index (χ2n) is 6.18. The first-order valence-electron chi connectivity index (χ1n) is 7.43. The minimum atomic E-state index is -2.76. The molecule has 0 aliphatic carbocycles. The molecular formula is C16H21ClF2N2O. The van der Waals surface area contributed by atoms with E-state index in [0.29, 0.717) is 12.5 Å². The number of hydrogen-bond donors (Lipinski definition) is 1. The normalized spacial score (nSPS) is 30.1. The predicted octanol–water partition coefficient (Wildman–Crippen LogP) is 2.81. The molecule has 3 atom stereocenters. The highest BCUT2D eigenvalue weighted by Gasteiger charge is 2.45. The van der Waals surface area contributed by atoms with E-state index in [-0.39, 0.29) is 30.8 Å². The summed E-state index contributed by atoms with van der Waals surface area (Å²) in [6.45, 7) is 2.22. The van der Waals surface area contributed by atoms with Gasteiger partial charge in [0, 0.05) is 24.9 Å². The van der Waals surface area contributed by atoms with Gasteiger partial charge in [0.1, 0.15) is 0 Å². The van der Waals surface area contributed by atoms with Crippen molar-refractivity contribution in [3.05, 3.63) is 35.9 Å². The average molecular weight is 331 g/mol. The van der Waals surface area contributed by atoms with E-state index in [2.05, 4.69) is 17.4 Å². The van der Waals surface area contributed by atoms with Crippen molar-refractivity contribution in [3.8, 4) is 0 Å². The van der Waals surface area contributed by atoms with E-state index < -0.39 is 18.5 Å². The molecule has 1 aromatic rings. The number of likely N-dealkylation sites (tertiary alicyclic amines) is 1. The van der Waals surface area contributed by atoms with Gasteiger partial charge in [-0.05, 0) is 18.9 Å². The van der Waals surface area contributed by atoms with Gasteiger partial charge in [-0.1, -0.05) is 30.3 Å². The Morgan fingerprint density at radius 3 is 2.59 bits per heavy atom. The van der Waals surface area contributed by atoms with Crippen molar-refractivity contribution in [1.29, 1.82) is 0 Å². The van der Waals surface area contributed by atoms with Crippen LogP contribution in [-0.4, -0.2) is 41.9 Å². The summed E-state index contributed by atoms with van der Waals surface area (Å²) in [4.78, 5) is 14.2. The van der Waals surface area contributed by atoms with Crippen molar-refractivity contribution in [2.45, 2.75) is 43.7 Å². The van der Waals surface area contributed by atoms with Gasteiger partial charge >= 0.3 is 0 Å². The van der Waals surface area contributed by atoms with E-state index in [1.165, 1.54) is 5.56 Å². The van der Waals surface area contributed by atoms with Gasteiger partial charge in [0.25, 0.3) is 5.92 Å². The lowest BCUT2D eigenvalue weighted by Crippen LogP contribution is -2.45. The molecule has 2 heterocycles. The molecule has 0 saturated carbocycles. The molecule has 0 bridgehead atoms. The van der Waals surface area contributed by atoms with Crippen LogP contribution >= 0.6 is 12.4 Å². The Morgan fingerprint density at radius 2 is 2.00 bits per heavy atom. The van der Waals surface area contributed by atoms with Crippen molar-refractivity contribution in [2.75, 3.05) is 13.1 Å². The smallest absolute Gasteiger partial charge is 0.262 e. The maximum atomic E-state index is 13.2. The summed E-state index contributed by atoms with van der Waals surface area (Å²) in [5, 5.41) is 2.66. The van der Waals surface area contributed by atoms with Crippen molar-refractivity contribution < 1.29 is 13.6 Å². The molecule has 3 unspecified atom stereocenters. The highest BCUT2D eigenvalue weighted by atomic mass is 35.5. The summed E-state index contributed by atoms with van der Waals surface area (Å²) in [6, 6.07) is 9.43. The maximum Gasteiger partial charge on any atom is 0.262 e. The molecule has 22 heavy (non-hydrogen) atoms. The van der Waals surface area contributed by atoms with Crippen LogP contribution in [0, 0.1) is 0 Å². The van der Waals surface area contributed by atoms with Gasteiger partial charge in [0.15, 0.2) is 0 Å². The first kappa shape index (κ1) is 17.2. The van der Waals surface area contributed by atoms with Crippen LogP contribution in [0.2, 0.25) is 0 Å². The van der Waals surface area contributed by atoms with Crippen LogP contribution in [0.5, 0.6) is 0 Å². The van der Waals surface area contributed by atoms with Crippen LogP contribution in [-0.2, 0) is 4.79 Å². The third-order valence-electron chi connectivity index (χ3n) is 4.54. The lowest BCUT2D eigenvalue weighted by Gasteiger charge is -2.25. The predicted molar refractivity (Wildman–Crippen MR) is 83.6 cm³/mol. The number of alkyl halides is 2. The van der Waals surface area contributed by atoms with Crippen molar-refractivity contribution in [1.82, 2.24) is 10.2 Å². The lowest BCUT2D eigenvalue weighted by molar-refractivity contribution is -0.134. The molecule has 2 fully saturated rings. The van der Waals surface area contributed by atoms with Gasteiger partial charge in [-0.3, -0.25) is 10.1 Å². The summed E-state index contributed by atoms with van der Waals surface area (Å²) >= 11 is 0. The molecule has 2 aliphatic rings. The maximum absolute atomic E-state index is 13.2. The summed E-state index contributed by atoms with van der Waals surface area (Å²) < 4.78 is 26.5. The molecular weight excluding hydrogens is 310 g/mol. The third-order valence-corrected chi connectivity index (χ3v) is 4.54. The molecule has 1 aromatic carbocycles. The number of nitrogens with one attached hydrogen (secondary N) is 1. The van der Waals surface area contributed by atoms with Gasteiger partial charge in [0.05, 0.1) is 12.6 Å². The monoisotopic (exact) mass is 330 g/mol. The van der Waals surface area contributed by atoms with Crippen molar-refractivity contribution >= 4 is 18.3 Å². The van der Waals surface area contributed by atoms with Crippen LogP contribution in [0.15, 0.2) is 30.3 Å². The van der Waals surface area contributed by atoms with Gasteiger partial charge in [-0.25, -0.2) is 8.78 Å². The van der Waals surface area contributed by atoms with E-state index in [0.717, 1.165) is 6.42 Å². The number of hydrogen-bond acceptors (Lipinski definition) is 2. The zero-order chi connectivity index (χ0) is 15.0. The fourth-order valence-corrected chi connectivity index (χ4v) is 3.40. The van der Waals surface area contributed by atoms with E-state index in [1.54, 1.807) is 4.90 Å². The average Bonchev–Trinajstić information content (AvgIpc) is 3.02. The summed E-state index contributed by atoms with van der Waals surface area (Å²) in [6.07, 6.45) is 0.504. The summed E-state index contributed by atoms with van der Waals surface area (Å²) in [5.74, 6) is -2.65. The first-order valence-corrected chi connectivity index (χ1v) is 7.43. The minimum absolute atomic E-state index is 0. The quantitative estimate of drug-likeness (QED) is 0.904. The third kappa shape index (κ3) is 3.41. The molecule has 0 aromatic heterocycles. The molecule has 3 rings (SSSR count). The summed E-state index contributed by atoms with van der Waals surface area (Å²) in [5.41, 5.74) is 1.21. The van der Waals surface area contributed by atoms with E-state index >= 15 is 0 Å². The SMILES string of the molecule is CC1CC(c2ccccc2)CN1C(=O)C1CC(F)(F)CN1.Cl. The van der Waals surface area contributed by atoms with E-state index in [4.69, 9.17) is 0 Å². The van der Waals surface area contributed by atoms with Crippen LogP contribution < -0.4 is 5.32 Å². The molecule has 2 aliphatic heterocycles. The fourth-order valence-electron chi connectivity index (χ4n) is 3.40. The molecule has 1 N–H and O–H groups in total. The number of carbonyl (C=O) groups is 1. The number of halogens is 3. The Morgan fingerprint density at radius 1 is 1.32 bits per heavy atom. The Labute approximate surface area is 135 Å². The van der Waals surface area contributed by atoms with Crippen LogP contribution in [0.1, 0.15) is 31.2 Å². The fraction of sp³-hybridized carbons (Fsp3) is 0.562. The van der Waals surface area contributed by atoms with Crippen LogP contribution in [0.25, 0.3) is 0 Å². The second-order valence-corrected chi connectivity index (χ2v) is 6.18. The van der Waals surface area contributed by atoms with Crippen LogP contribution in [0.4, 0.5) is 8.78 Å².